The molecule has 1 N–H and O–H groups in total. The lowest BCUT2D eigenvalue weighted by Crippen LogP contribution is -2.34. The highest BCUT2D eigenvalue weighted by Gasteiger charge is 2.22. The van der Waals surface area contributed by atoms with Gasteiger partial charge in [0.15, 0.2) is 0 Å². The first kappa shape index (κ1) is 17.3. The maximum absolute atomic E-state index is 12.7. The Balaban J connectivity index is 1.56. The zero-order valence-electron chi connectivity index (χ0n) is 14.3. The van der Waals surface area contributed by atoms with Gasteiger partial charge in [0.25, 0.3) is 11.6 Å². The van der Waals surface area contributed by atoms with E-state index in [2.05, 4.69) is 4.98 Å². The fourth-order valence-electron chi connectivity index (χ4n) is 3.42. The van der Waals surface area contributed by atoms with Gasteiger partial charge in [-0.25, -0.2) is 0 Å². The molecule has 0 atom stereocenters. The first-order valence-corrected chi connectivity index (χ1v) is 8.91. The third kappa shape index (κ3) is 3.19. The van der Waals surface area contributed by atoms with Crippen LogP contribution in [-0.4, -0.2) is 33.8 Å². The molecule has 2 aromatic carbocycles. The summed E-state index contributed by atoms with van der Waals surface area (Å²) in [6, 6.07) is 11.6. The highest BCUT2D eigenvalue weighted by atomic mass is 35.5. The molecule has 1 amide bonds. The van der Waals surface area contributed by atoms with Crippen molar-refractivity contribution in [3.05, 3.63) is 81.0 Å². The number of carbonyl (C=O) groups excluding carboxylic acids is 1. The van der Waals surface area contributed by atoms with Crippen molar-refractivity contribution in [1.29, 1.82) is 0 Å². The van der Waals surface area contributed by atoms with Crippen molar-refractivity contribution >= 4 is 39.7 Å². The highest BCUT2D eigenvalue weighted by molar-refractivity contribution is 6.35. The van der Waals surface area contributed by atoms with Crippen LogP contribution in [0.25, 0.3) is 16.5 Å². The van der Waals surface area contributed by atoms with Crippen LogP contribution in [0.15, 0.2) is 54.7 Å². The molecule has 1 aromatic heterocycles. The van der Waals surface area contributed by atoms with Gasteiger partial charge in [0.1, 0.15) is 0 Å². The van der Waals surface area contributed by atoms with Gasteiger partial charge in [0.2, 0.25) is 0 Å². The molecule has 0 bridgehead atoms. The van der Waals surface area contributed by atoms with E-state index in [0.29, 0.717) is 30.1 Å². The number of halogens is 1. The van der Waals surface area contributed by atoms with Gasteiger partial charge in [0, 0.05) is 47.9 Å². The van der Waals surface area contributed by atoms with Crippen molar-refractivity contribution < 1.29 is 9.72 Å². The quantitative estimate of drug-likeness (QED) is 0.529. The Hall–Kier alpha value is -3.12. The average Bonchev–Trinajstić information content (AvgIpc) is 3.13. The Kier molecular flexibility index (Phi) is 4.41. The molecule has 0 spiro atoms. The average molecular weight is 382 g/mol. The molecule has 0 radical (unpaired) electrons. The second-order valence-electron chi connectivity index (χ2n) is 6.40. The lowest BCUT2D eigenvalue weighted by atomic mass is 9.98. The number of nitro benzene ring substituents is 1. The summed E-state index contributed by atoms with van der Waals surface area (Å²) in [6.45, 7) is 1.02. The van der Waals surface area contributed by atoms with Crippen LogP contribution in [0.5, 0.6) is 0 Å². The third-order valence-electron chi connectivity index (χ3n) is 4.81. The van der Waals surface area contributed by atoms with E-state index < -0.39 is 4.92 Å². The first-order valence-electron chi connectivity index (χ1n) is 8.53. The van der Waals surface area contributed by atoms with Gasteiger partial charge in [-0.2, -0.15) is 0 Å². The summed E-state index contributed by atoms with van der Waals surface area (Å²) in [4.78, 5) is 28.0. The number of nitrogens with zero attached hydrogens (tertiary/aromatic N) is 2. The molecule has 6 nitrogen and oxygen atoms in total. The molecule has 0 saturated heterocycles. The fourth-order valence-corrected chi connectivity index (χ4v) is 3.65. The maximum atomic E-state index is 12.7. The van der Waals surface area contributed by atoms with Gasteiger partial charge in [0.05, 0.1) is 15.5 Å². The van der Waals surface area contributed by atoms with Crippen molar-refractivity contribution in [2.45, 2.75) is 6.42 Å². The van der Waals surface area contributed by atoms with Crippen LogP contribution >= 0.6 is 11.6 Å². The van der Waals surface area contributed by atoms with Crippen LogP contribution in [0.2, 0.25) is 5.02 Å². The van der Waals surface area contributed by atoms with Crippen LogP contribution in [0.1, 0.15) is 22.3 Å². The number of benzene rings is 2. The molecular formula is C20H16ClN3O3. The number of rotatable bonds is 3. The van der Waals surface area contributed by atoms with Crippen molar-refractivity contribution in [2.24, 2.45) is 0 Å². The van der Waals surface area contributed by atoms with Gasteiger partial charge in [-0.15, -0.1) is 0 Å². The summed E-state index contributed by atoms with van der Waals surface area (Å²) >= 11 is 6.23. The Morgan fingerprint density at radius 1 is 1.22 bits per heavy atom. The number of H-pyrrole nitrogens is 1. The molecule has 27 heavy (non-hydrogen) atoms. The summed E-state index contributed by atoms with van der Waals surface area (Å²) < 4.78 is 0. The molecule has 0 saturated carbocycles. The van der Waals surface area contributed by atoms with E-state index in [1.54, 1.807) is 11.0 Å². The van der Waals surface area contributed by atoms with E-state index >= 15 is 0 Å². The summed E-state index contributed by atoms with van der Waals surface area (Å²) in [5.41, 5.74) is 3.41. The molecule has 2 heterocycles. The summed E-state index contributed by atoms with van der Waals surface area (Å²) in [7, 11) is 0. The lowest BCUT2D eigenvalue weighted by Gasteiger charge is -2.26. The van der Waals surface area contributed by atoms with Crippen LogP contribution < -0.4 is 0 Å². The van der Waals surface area contributed by atoms with Gasteiger partial charge < -0.3 is 9.88 Å². The number of nitrogens with one attached hydrogen (secondary N) is 1. The predicted molar refractivity (Wildman–Crippen MR) is 105 cm³/mol. The third-order valence-corrected chi connectivity index (χ3v) is 5.13. The summed E-state index contributed by atoms with van der Waals surface area (Å²) in [6.07, 6.45) is 4.68. The van der Waals surface area contributed by atoms with E-state index in [-0.39, 0.29) is 11.6 Å². The monoisotopic (exact) mass is 381 g/mol. The topological polar surface area (TPSA) is 79.2 Å². The van der Waals surface area contributed by atoms with E-state index in [1.165, 1.54) is 18.2 Å². The van der Waals surface area contributed by atoms with E-state index in [0.717, 1.165) is 22.0 Å². The van der Waals surface area contributed by atoms with Crippen molar-refractivity contribution in [3.8, 4) is 0 Å². The molecule has 0 aliphatic carbocycles. The number of fused-ring (bicyclic) bond motifs is 1. The number of aromatic nitrogens is 1. The minimum atomic E-state index is -0.493. The van der Waals surface area contributed by atoms with E-state index in [1.807, 2.05) is 30.5 Å². The van der Waals surface area contributed by atoms with Crippen LogP contribution in [0.4, 0.5) is 5.69 Å². The standard InChI is InChI=1S/C20H16ClN3O3/c21-18-6-2-5-16-17(12-22-19(16)18)13-7-9-23(10-8-13)20(25)14-3-1-4-15(11-14)24(26)27/h1-7,11-12,22H,8-10H2. The van der Waals surface area contributed by atoms with Crippen molar-refractivity contribution in [1.82, 2.24) is 9.88 Å². The molecule has 0 fully saturated rings. The molecule has 1 aliphatic heterocycles. The molecule has 0 unspecified atom stereocenters. The molecule has 3 aromatic rings. The smallest absolute Gasteiger partial charge is 0.270 e. The SMILES string of the molecule is O=C(c1cccc([N+](=O)[O-])c1)N1CC=C(c2c[nH]c3c(Cl)cccc23)CC1. The van der Waals surface area contributed by atoms with E-state index in [9.17, 15) is 14.9 Å². The number of non-ortho nitro benzene ring substituents is 1. The number of carbonyl (C=O) groups is 1. The molecule has 136 valence electrons. The second kappa shape index (κ2) is 6.89. The van der Waals surface area contributed by atoms with Gasteiger partial charge in [-0.05, 0) is 24.1 Å². The normalized spacial score (nSPS) is 14.3. The number of aromatic amines is 1. The predicted octanol–water partition coefficient (Wildman–Crippen LogP) is 4.66. The first-order chi connectivity index (χ1) is 13.0. The van der Waals surface area contributed by atoms with Gasteiger partial charge in [-0.3, -0.25) is 14.9 Å². The highest BCUT2D eigenvalue weighted by Crippen LogP contribution is 2.32. The van der Waals surface area contributed by atoms with Crippen LogP contribution in [0.3, 0.4) is 0 Å². The number of hydrogen-bond donors (Lipinski definition) is 1. The second-order valence-corrected chi connectivity index (χ2v) is 6.81. The Labute approximate surface area is 160 Å². The molecule has 7 heteroatoms. The Morgan fingerprint density at radius 3 is 2.78 bits per heavy atom. The van der Waals surface area contributed by atoms with Crippen molar-refractivity contribution in [2.75, 3.05) is 13.1 Å². The lowest BCUT2D eigenvalue weighted by molar-refractivity contribution is -0.384. The Morgan fingerprint density at radius 2 is 2.04 bits per heavy atom. The maximum Gasteiger partial charge on any atom is 0.270 e. The molecule has 4 rings (SSSR count). The van der Waals surface area contributed by atoms with Gasteiger partial charge >= 0.3 is 0 Å². The Bertz CT molecular complexity index is 1090. The zero-order valence-corrected chi connectivity index (χ0v) is 15.1. The minimum absolute atomic E-state index is 0.0789. The van der Waals surface area contributed by atoms with Gasteiger partial charge in [-0.1, -0.05) is 35.9 Å². The number of hydrogen-bond acceptors (Lipinski definition) is 3. The van der Waals surface area contributed by atoms with Crippen molar-refractivity contribution in [3.63, 3.8) is 0 Å². The molecular weight excluding hydrogens is 366 g/mol. The van der Waals surface area contributed by atoms with Crippen LogP contribution in [-0.2, 0) is 0 Å². The van der Waals surface area contributed by atoms with E-state index in [4.69, 9.17) is 11.6 Å². The molecule has 1 aliphatic rings. The number of nitro groups is 1. The zero-order chi connectivity index (χ0) is 19.0. The summed E-state index contributed by atoms with van der Waals surface area (Å²) in [5.74, 6) is -0.198. The van der Waals surface area contributed by atoms with Crippen LogP contribution in [0, 0.1) is 10.1 Å². The fraction of sp³-hybridized carbons (Fsp3) is 0.150. The minimum Gasteiger partial charge on any atom is -0.359 e. The summed E-state index contributed by atoms with van der Waals surface area (Å²) in [5, 5.41) is 12.7. The largest absolute Gasteiger partial charge is 0.359 e. The number of amides is 1. The number of para-hydroxylation sites is 1.